The number of hydrogen-bond donors (Lipinski definition) is 1. The molecule has 3 rings (SSSR count). The van der Waals surface area contributed by atoms with Gasteiger partial charge in [-0.2, -0.15) is 0 Å². The van der Waals surface area contributed by atoms with Gasteiger partial charge in [0.15, 0.2) is 5.69 Å². The number of aromatic nitrogens is 2. The van der Waals surface area contributed by atoms with Gasteiger partial charge in [-0.3, -0.25) is 4.79 Å². The number of hydrogen-bond acceptors (Lipinski definition) is 5. The molecule has 0 bridgehead atoms. The van der Waals surface area contributed by atoms with Crippen molar-refractivity contribution in [3.63, 3.8) is 0 Å². The summed E-state index contributed by atoms with van der Waals surface area (Å²) in [4.78, 5) is 32.4. The van der Waals surface area contributed by atoms with Crippen LogP contribution >= 0.6 is 0 Å². The molecule has 20 heavy (non-hydrogen) atoms. The fourth-order valence-electron chi connectivity index (χ4n) is 2.79. The first-order valence-electron chi connectivity index (χ1n) is 6.52. The molecule has 1 spiro atoms. The lowest BCUT2D eigenvalue weighted by atomic mass is 9.87. The first-order valence-corrected chi connectivity index (χ1v) is 6.52. The SMILES string of the molecule is O=C(O)c1cnc(C(=O)N2CCC3(CCOC3)C2)cn1. The number of amides is 1. The molecule has 2 saturated heterocycles. The van der Waals surface area contributed by atoms with Crippen molar-refractivity contribution in [1.82, 2.24) is 14.9 Å². The number of nitrogens with zero attached hydrogens (tertiary/aromatic N) is 3. The molecule has 1 N–H and O–H groups in total. The molecule has 7 nitrogen and oxygen atoms in total. The van der Waals surface area contributed by atoms with Crippen LogP contribution in [0.25, 0.3) is 0 Å². The van der Waals surface area contributed by atoms with E-state index in [2.05, 4.69) is 9.97 Å². The lowest BCUT2D eigenvalue weighted by Crippen LogP contribution is -2.33. The van der Waals surface area contributed by atoms with Gasteiger partial charge in [0, 0.05) is 25.1 Å². The van der Waals surface area contributed by atoms with Gasteiger partial charge in [-0.05, 0) is 12.8 Å². The van der Waals surface area contributed by atoms with E-state index >= 15 is 0 Å². The van der Waals surface area contributed by atoms with Gasteiger partial charge in [0.25, 0.3) is 5.91 Å². The Morgan fingerprint density at radius 1 is 1.25 bits per heavy atom. The molecule has 106 valence electrons. The Bertz CT molecular complexity index is 537. The van der Waals surface area contributed by atoms with Crippen LogP contribution in [0.2, 0.25) is 0 Å². The minimum Gasteiger partial charge on any atom is -0.476 e. The Morgan fingerprint density at radius 2 is 2.00 bits per heavy atom. The Kier molecular flexibility index (Phi) is 3.13. The van der Waals surface area contributed by atoms with Crippen molar-refractivity contribution in [2.75, 3.05) is 26.3 Å². The van der Waals surface area contributed by atoms with E-state index in [1.54, 1.807) is 4.90 Å². The second-order valence-corrected chi connectivity index (χ2v) is 5.37. The maximum Gasteiger partial charge on any atom is 0.356 e. The maximum absolute atomic E-state index is 12.3. The van der Waals surface area contributed by atoms with Gasteiger partial charge < -0.3 is 14.7 Å². The molecule has 1 aromatic rings. The lowest BCUT2D eigenvalue weighted by Gasteiger charge is -2.21. The van der Waals surface area contributed by atoms with Crippen LogP contribution in [0.5, 0.6) is 0 Å². The Labute approximate surface area is 115 Å². The van der Waals surface area contributed by atoms with Crippen molar-refractivity contribution in [2.24, 2.45) is 5.41 Å². The first kappa shape index (κ1) is 13.0. The molecule has 7 heteroatoms. The number of carbonyl (C=O) groups excluding carboxylic acids is 1. The predicted octanol–water partition coefficient (Wildman–Crippen LogP) is 0.427. The van der Waals surface area contributed by atoms with Gasteiger partial charge in [-0.25, -0.2) is 14.8 Å². The number of aromatic carboxylic acids is 1. The van der Waals surface area contributed by atoms with Crippen LogP contribution in [0.1, 0.15) is 33.8 Å². The Balaban J connectivity index is 1.71. The summed E-state index contributed by atoms with van der Waals surface area (Å²) >= 11 is 0. The highest BCUT2D eigenvalue weighted by atomic mass is 16.5. The van der Waals surface area contributed by atoms with Crippen molar-refractivity contribution >= 4 is 11.9 Å². The third-order valence-electron chi connectivity index (χ3n) is 4.00. The maximum atomic E-state index is 12.3. The summed E-state index contributed by atoms with van der Waals surface area (Å²) in [6.45, 7) is 2.83. The zero-order valence-corrected chi connectivity index (χ0v) is 10.9. The zero-order valence-electron chi connectivity index (χ0n) is 10.9. The van der Waals surface area contributed by atoms with Crippen molar-refractivity contribution in [3.8, 4) is 0 Å². The highest BCUT2D eigenvalue weighted by Gasteiger charge is 2.43. The molecule has 2 fully saturated rings. The van der Waals surface area contributed by atoms with Crippen LogP contribution in [0.4, 0.5) is 0 Å². The number of carboxylic acid groups (broad SMARTS) is 1. The molecule has 1 unspecified atom stereocenters. The summed E-state index contributed by atoms with van der Waals surface area (Å²) in [5.74, 6) is -1.35. The highest BCUT2D eigenvalue weighted by molar-refractivity contribution is 5.93. The van der Waals surface area contributed by atoms with Crippen LogP contribution in [0.15, 0.2) is 12.4 Å². The molecular formula is C13H15N3O4. The lowest BCUT2D eigenvalue weighted by molar-refractivity contribution is 0.0686. The summed E-state index contributed by atoms with van der Waals surface area (Å²) in [7, 11) is 0. The van der Waals surface area contributed by atoms with Crippen molar-refractivity contribution in [1.29, 1.82) is 0 Å². The van der Waals surface area contributed by atoms with Crippen LogP contribution in [0, 0.1) is 5.41 Å². The van der Waals surface area contributed by atoms with Crippen LogP contribution < -0.4 is 0 Å². The van der Waals surface area contributed by atoms with Crippen LogP contribution in [-0.2, 0) is 4.74 Å². The average molecular weight is 277 g/mol. The first-order chi connectivity index (χ1) is 9.60. The number of rotatable bonds is 2. The topological polar surface area (TPSA) is 92.6 Å². The summed E-state index contributed by atoms with van der Waals surface area (Å²) in [5, 5.41) is 8.75. The largest absolute Gasteiger partial charge is 0.476 e. The van der Waals surface area contributed by atoms with Gasteiger partial charge in [0.1, 0.15) is 5.69 Å². The monoisotopic (exact) mass is 277 g/mol. The number of carbonyl (C=O) groups is 2. The van der Waals surface area contributed by atoms with Gasteiger partial charge in [0.2, 0.25) is 0 Å². The van der Waals surface area contributed by atoms with Gasteiger partial charge in [-0.1, -0.05) is 0 Å². The average Bonchev–Trinajstić information content (AvgIpc) is 3.09. The summed E-state index contributed by atoms with van der Waals surface area (Å²) in [6, 6.07) is 0. The van der Waals surface area contributed by atoms with E-state index in [0.717, 1.165) is 25.6 Å². The fourth-order valence-corrected chi connectivity index (χ4v) is 2.79. The quantitative estimate of drug-likeness (QED) is 0.842. The van der Waals surface area contributed by atoms with Crippen LogP contribution in [-0.4, -0.2) is 58.2 Å². The molecule has 1 aromatic heterocycles. The standard InChI is InChI=1S/C13H15N3O4/c17-11(9-5-15-10(6-14-9)12(18)19)16-3-1-13(7-16)2-4-20-8-13/h5-6H,1-4,7-8H2,(H,18,19). The number of ether oxygens (including phenoxy) is 1. The molecule has 1 amide bonds. The number of carboxylic acids is 1. The third kappa shape index (κ3) is 2.24. The number of likely N-dealkylation sites (tertiary alicyclic amines) is 1. The van der Waals surface area contributed by atoms with Crippen molar-refractivity contribution in [2.45, 2.75) is 12.8 Å². The molecule has 1 atom stereocenters. The second-order valence-electron chi connectivity index (χ2n) is 5.37. The summed E-state index contributed by atoms with van der Waals surface area (Å²) < 4.78 is 5.43. The molecule has 2 aliphatic rings. The molecule has 3 heterocycles. The molecule has 0 aliphatic carbocycles. The molecular weight excluding hydrogens is 262 g/mol. The van der Waals surface area contributed by atoms with E-state index in [1.165, 1.54) is 6.20 Å². The van der Waals surface area contributed by atoms with Gasteiger partial charge in [-0.15, -0.1) is 0 Å². The van der Waals surface area contributed by atoms with Crippen molar-refractivity contribution < 1.29 is 19.4 Å². The zero-order chi connectivity index (χ0) is 14.2. The molecule has 0 radical (unpaired) electrons. The van der Waals surface area contributed by atoms with E-state index in [1.807, 2.05) is 0 Å². The predicted molar refractivity (Wildman–Crippen MR) is 67.4 cm³/mol. The molecule has 2 aliphatic heterocycles. The second kappa shape index (κ2) is 4.82. The van der Waals surface area contributed by atoms with Gasteiger partial charge in [0.05, 0.1) is 19.0 Å². The van der Waals surface area contributed by atoms with E-state index in [4.69, 9.17) is 9.84 Å². The highest BCUT2D eigenvalue weighted by Crippen LogP contribution is 2.38. The van der Waals surface area contributed by atoms with E-state index in [0.29, 0.717) is 19.7 Å². The Morgan fingerprint density at radius 3 is 2.60 bits per heavy atom. The van der Waals surface area contributed by atoms with E-state index in [9.17, 15) is 9.59 Å². The van der Waals surface area contributed by atoms with E-state index < -0.39 is 5.97 Å². The normalized spacial score (nSPS) is 25.3. The van der Waals surface area contributed by atoms with E-state index in [-0.39, 0.29) is 22.7 Å². The molecule has 0 aromatic carbocycles. The summed E-state index contributed by atoms with van der Waals surface area (Å²) in [6.07, 6.45) is 4.27. The Hall–Kier alpha value is -2.02. The smallest absolute Gasteiger partial charge is 0.356 e. The minimum atomic E-state index is -1.15. The fraction of sp³-hybridized carbons (Fsp3) is 0.538. The third-order valence-corrected chi connectivity index (χ3v) is 4.00. The summed E-state index contributed by atoms with van der Waals surface area (Å²) in [5.41, 5.74) is 0.124. The minimum absolute atomic E-state index is 0.101. The molecule has 0 saturated carbocycles. The van der Waals surface area contributed by atoms with Crippen molar-refractivity contribution in [3.05, 3.63) is 23.8 Å². The van der Waals surface area contributed by atoms with Gasteiger partial charge >= 0.3 is 5.97 Å². The van der Waals surface area contributed by atoms with Crippen LogP contribution in [0.3, 0.4) is 0 Å².